The molecule has 0 aliphatic heterocycles. The Balaban J connectivity index is 0.721. The van der Waals surface area contributed by atoms with E-state index in [0.29, 0.717) is 24.2 Å². The Morgan fingerprint density at radius 3 is 1.95 bits per heavy atom. The lowest BCUT2D eigenvalue weighted by Gasteiger charge is -2.47. The van der Waals surface area contributed by atoms with E-state index in [2.05, 4.69) is 248 Å². The van der Waals surface area contributed by atoms with Gasteiger partial charge in [0.05, 0.1) is 17.5 Å². The maximum Gasteiger partial charge on any atom is 0.127 e. The summed E-state index contributed by atoms with van der Waals surface area (Å²) >= 11 is 1.89. The highest BCUT2D eigenvalue weighted by Crippen LogP contribution is 2.64. The predicted molar refractivity (Wildman–Crippen MR) is 394 cm³/mol. The minimum Gasteiger partial charge on any atom is -0.458 e. The molecule has 9 atom stereocenters. The van der Waals surface area contributed by atoms with E-state index < -0.39 is 5.41 Å². The van der Waals surface area contributed by atoms with Gasteiger partial charge in [-0.2, -0.15) is 0 Å². The molecule has 10 aliphatic carbocycles. The third kappa shape index (κ3) is 10.6. The number of anilines is 2. The van der Waals surface area contributed by atoms with Crippen molar-refractivity contribution in [3.8, 4) is 5.75 Å². The van der Waals surface area contributed by atoms with Crippen molar-refractivity contribution in [1.82, 2.24) is 4.90 Å². The van der Waals surface area contributed by atoms with E-state index in [1.807, 2.05) is 35.6 Å². The fourth-order valence-corrected chi connectivity index (χ4v) is 19.4. The van der Waals surface area contributed by atoms with Gasteiger partial charge in [0.1, 0.15) is 34.7 Å². The van der Waals surface area contributed by atoms with E-state index in [4.69, 9.17) is 9.47 Å². The van der Waals surface area contributed by atoms with Crippen LogP contribution < -0.4 is 9.64 Å². The lowest BCUT2D eigenvalue weighted by molar-refractivity contribution is 0.204. The first-order valence-electron chi connectivity index (χ1n) is 35.0. The van der Waals surface area contributed by atoms with Crippen LogP contribution >= 0.6 is 11.3 Å². The summed E-state index contributed by atoms with van der Waals surface area (Å²) in [6.07, 6.45) is 53.7. The first-order valence-corrected chi connectivity index (χ1v) is 35.8. The van der Waals surface area contributed by atoms with Crippen molar-refractivity contribution in [3.05, 3.63) is 381 Å². The second-order valence-corrected chi connectivity index (χ2v) is 28.7. The molecule has 0 saturated heterocycles. The highest BCUT2D eigenvalue weighted by Gasteiger charge is 2.57. The molecule has 7 heteroatoms. The summed E-state index contributed by atoms with van der Waals surface area (Å²) in [5, 5.41) is 1.23. The van der Waals surface area contributed by atoms with Crippen molar-refractivity contribution >= 4 is 38.9 Å². The Labute approximate surface area is 573 Å². The van der Waals surface area contributed by atoms with Crippen molar-refractivity contribution in [3.63, 3.8) is 0 Å². The molecule has 0 fully saturated rings. The van der Waals surface area contributed by atoms with Crippen LogP contribution in [0, 0.1) is 29.5 Å². The summed E-state index contributed by atoms with van der Waals surface area (Å²) in [7, 11) is 0. The summed E-state index contributed by atoms with van der Waals surface area (Å²) in [5.74, 6) is 4.26. The normalized spacial score (nSPS) is 26.5. The zero-order valence-corrected chi connectivity index (χ0v) is 55.4. The van der Waals surface area contributed by atoms with E-state index in [9.17, 15) is 0 Å². The van der Waals surface area contributed by atoms with Gasteiger partial charge >= 0.3 is 0 Å². The van der Waals surface area contributed by atoms with Crippen LogP contribution in [0.3, 0.4) is 0 Å². The van der Waals surface area contributed by atoms with Gasteiger partial charge in [-0.15, -0.1) is 24.5 Å². The third-order valence-corrected chi connectivity index (χ3v) is 23.7. The van der Waals surface area contributed by atoms with Gasteiger partial charge < -0.3 is 19.3 Å². The van der Waals surface area contributed by atoms with Crippen molar-refractivity contribution in [2.24, 2.45) is 23.7 Å². The van der Waals surface area contributed by atoms with Gasteiger partial charge in [0.25, 0.3) is 0 Å². The van der Waals surface area contributed by atoms with Crippen molar-refractivity contribution in [2.45, 2.75) is 99.5 Å². The van der Waals surface area contributed by atoms with Crippen LogP contribution in [-0.2, 0) is 22.0 Å². The van der Waals surface area contributed by atoms with Gasteiger partial charge in [-0.3, -0.25) is 0 Å². The fraction of sp³-hybridized carbons (Fsp3) is 0.222. The fourth-order valence-electron chi connectivity index (χ4n) is 18.1. The Bertz CT molecular complexity index is 4790. The quantitative estimate of drug-likeness (QED) is 0.0901. The maximum absolute atomic E-state index is 15.2. The number of halogens is 2. The Morgan fingerprint density at radius 1 is 0.557 bits per heavy atom. The highest BCUT2D eigenvalue weighted by molar-refractivity contribution is 7.19. The topological polar surface area (TPSA) is 24.9 Å². The zero-order chi connectivity index (χ0) is 65.2. The first kappa shape index (κ1) is 60.8. The van der Waals surface area contributed by atoms with E-state index in [-0.39, 0.29) is 41.0 Å². The molecule has 1 aromatic heterocycles. The van der Waals surface area contributed by atoms with Gasteiger partial charge in [0.15, 0.2) is 0 Å². The summed E-state index contributed by atoms with van der Waals surface area (Å²) < 4.78 is 44.6. The molecule has 9 unspecified atom stereocenters. The van der Waals surface area contributed by atoms with Crippen LogP contribution in [0.25, 0.3) is 16.2 Å². The molecular formula is C90H78F2N2O2S. The van der Waals surface area contributed by atoms with Crippen LogP contribution in [0.4, 0.5) is 20.2 Å². The summed E-state index contributed by atoms with van der Waals surface area (Å²) in [4.78, 5) is 6.42. The Hall–Kier alpha value is -9.82. The summed E-state index contributed by atoms with van der Waals surface area (Å²) in [6.45, 7) is 8.00. The number of nitrogens with zero attached hydrogens (tertiary/aromatic N) is 2. The molecule has 1 heterocycles. The van der Waals surface area contributed by atoms with E-state index in [1.165, 1.54) is 76.3 Å². The number of rotatable bonds is 16. The molecule has 0 radical (unpaired) electrons. The standard InChI is InChI=1S/C90H78F2N2O2S/c1-3-59-23-43-73(44-24-59)95-75-47-27-63(28-48-75)89(61-15-7-5-8-16-61)83-21-13-11-19-77(83)79-51-39-69(55-85(79)89)93(67-35-31-65(91)32-36-67)71-41-53-81-82-54-42-72(58-88(82)97-87(81)57-71)94(68-37-33-66(92)34-38-68)70-40-52-80-78-20-12-14-22-84(78)90(86(80)56-70,62-17-9-6-10-18-62)64-29-49-76(50-30-64)96-74-45-25-60(4-2)26-46-74/h3-11,13-19,21-23,25,27,29-35,37-38,41-50,53-56,58-60,63,67,71,79,85H,1-2,12,20,24,26,28,36,39-40,51-52,57H2. The number of thiophene rings is 1. The number of benzene rings is 6. The second-order valence-electron chi connectivity index (χ2n) is 27.6. The minimum atomic E-state index is -0.595. The minimum absolute atomic E-state index is 0.0286. The molecule has 0 saturated carbocycles. The molecule has 6 aromatic carbocycles. The average molecular weight is 1290 g/mol. The molecule has 10 aliphatic rings. The lowest BCUT2D eigenvalue weighted by atomic mass is 9.58. The lowest BCUT2D eigenvalue weighted by Crippen LogP contribution is -2.46. The molecule has 0 bridgehead atoms. The Morgan fingerprint density at radius 2 is 1.24 bits per heavy atom. The van der Waals surface area contributed by atoms with Gasteiger partial charge in [0, 0.05) is 49.6 Å². The zero-order valence-electron chi connectivity index (χ0n) is 54.6. The molecule has 97 heavy (non-hydrogen) atoms. The highest BCUT2D eigenvalue weighted by atomic mass is 32.1. The number of ether oxygens (including phenoxy) is 2. The van der Waals surface area contributed by atoms with Crippen molar-refractivity contribution in [2.75, 3.05) is 4.90 Å². The molecule has 4 nitrogen and oxygen atoms in total. The number of hydrogen-bond donors (Lipinski definition) is 0. The van der Waals surface area contributed by atoms with E-state index in [1.54, 1.807) is 24.3 Å². The predicted octanol–water partition coefficient (Wildman–Crippen LogP) is 22.7. The first-order chi connectivity index (χ1) is 47.7. The molecule has 0 spiro atoms. The van der Waals surface area contributed by atoms with Crippen molar-refractivity contribution in [1.29, 1.82) is 0 Å². The van der Waals surface area contributed by atoms with E-state index >= 15 is 8.78 Å². The summed E-state index contributed by atoms with van der Waals surface area (Å²) in [5.41, 5.74) is 16.9. The third-order valence-electron chi connectivity index (χ3n) is 22.5. The van der Waals surface area contributed by atoms with Gasteiger partial charge in [-0.05, 0) is 253 Å². The SMILES string of the molecule is C=CC1C=CC(OC2=CCC(C3(c4ccccc4)c4ccccc4C4CCC(N(C5C=CC(F)=CC5)C5C=Cc6c(sc7cc(N(C8=CC9=C(CC8)C8=C(C=CCC8)C9(c8ccccc8)c8ccc(OC9=CCC(C=C)C=C9)cc8)c8ccc(F)cc8)ccc67)C5)=CC43)C=C2)=CC1. The van der Waals surface area contributed by atoms with E-state index in [0.717, 1.165) is 104 Å². The smallest absolute Gasteiger partial charge is 0.127 e. The monoisotopic (exact) mass is 1290 g/mol. The van der Waals surface area contributed by atoms with Crippen LogP contribution in [0.5, 0.6) is 5.75 Å². The van der Waals surface area contributed by atoms with Crippen molar-refractivity contribution < 1.29 is 18.3 Å². The average Bonchev–Trinajstić information content (AvgIpc) is 1.56. The molecule has 0 N–H and O–H groups in total. The second kappa shape index (κ2) is 25.3. The molecule has 480 valence electrons. The number of fused-ring (bicyclic) bond motifs is 7. The Kier molecular flexibility index (Phi) is 15.9. The molecule has 0 amide bonds. The number of hydrogen-bond acceptors (Lipinski definition) is 5. The van der Waals surface area contributed by atoms with Crippen LogP contribution in [-0.4, -0.2) is 17.0 Å². The van der Waals surface area contributed by atoms with Crippen LogP contribution in [0.15, 0.2) is 337 Å². The molecule has 17 rings (SSSR count). The van der Waals surface area contributed by atoms with Gasteiger partial charge in [0.2, 0.25) is 0 Å². The maximum atomic E-state index is 15.2. The number of allylic oxidation sites excluding steroid dienone is 23. The van der Waals surface area contributed by atoms with Gasteiger partial charge in [-0.1, -0.05) is 170 Å². The van der Waals surface area contributed by atoms with Crippen LogP contribution in [0.1, 0.15) is 108 Å². The summed E-state index contributed by atoms with van der Waals surface area (Å²) in [6, 6.07) is 54.5. The molecule has 7 aromatic rings. The molecular weight excluding hydrogens is 1210 g/mol. The van der Waals surface area contributed by atoms with Gasteiger partial charge in [-0.25, -0.2) is 8.78 Å². The van der Waals surface area contributed by atoms with Crippen LogP contribution in [0.2, 0.25) is 0 Å². The largest absolute Gasteiger partial charge is 0.458 e.